The number of urea groups is 1. The summed E-state index contributed by atoms with van der Waals surface area (Å²) in [5.74, 6) is 0.644. The van der Waals surface area contributed by atoms with Gasteiger partial charge in [0.2, 0.25) is 0 Å². The van der Waals surface area contributed by atoms with Crippen LogP contribution in [0.5, 0.6) is 0 Å². The van der Waals surface area contributed by atoms with Gasteiger partial charge in [0.05, 0.1) is 0 Å². The Labute approximate surface area is 108 Å². The molecule has 1 aromatic carbocycles. The molecule has 0 unspecified atom stereocenters. The van der Waals surface area contributed by atoms with E-state index in [1.54, 1.807) is 12.1 Å². The minimum Gasteiger partial charge on any atom is -0.399 e. The van der Waals surface area contributed by atoms with Crippen LogP contribution in [0.2, 0.25) is 0 Å². The van der Waals surface area contributed by atoms with E-state index in [-0.39, 0.29) is 6.03 Å². The Balaban J connectivity index is 1.74. The van der Waals surface area contributed by atoms with Crippen LogP contribution in [0.1, 0.15) is 32.1 Å². The van der Waals surface area contributed by atoms with Crippen LogP contribution >= 0.6 is 0 Å². The van der Waals surface area contributed by atoms with Crippen molar-refractivity contribution in [2.75, 3.05) is 17.6 Å². The highest BCUT2D eigenvalue weighted by Gasteiger charge is 2.14. The average Bonchev–Trinajstić information content (AvgIpc) is 2.38. The molecule has 18 heavy (non-hydrogen) atoms. The third kappa shape index (κ3) is 3.95. The van der Waals surface area contributed by atoms with Gasteiger partial charge in [-0.1, -0.05) is 25.3 Å². The fourth-order valence-corrected chi connectivity index (χ4v) is 2.42. The van der Waals surface area contributed by atoms with Crippen LogP contribution < -0.4 is 16.4 Å². The molecule has 2 amide bonds. The van der Waals surface area contributed by atoms with Crippen molar-refractivity contribution in [2.24, 2.45) is 5.92 Å². The molecule has 0 bridgehead atoms. The molecule has 0 aliphatic heterocycles. The molecule has 0 atom stereocenters. The smallest absolute Gasteiger partial charge is 0.319 e. The van der Waals surface area contributed by atoms with E-state index >= 15 is 0 Å². The highest BCUT2D eigenvalue weighted by Crippen LogP contribution is 2.22. The van der Waals surface area contributed by atoms with Crippen molar-refractivity contribution in [2.45, 2.75) is 32.1 Å². The lowest BCUT2D eigenvalue weighted by molar-refractivity contribution is 0.247. The molecular weight excluding hydrogens is 226 g/mol. The Bertz CT molecular complexity index is 400. The van der Waals surface area contributed by atoms with Gasteiger partial charge in [0, 0.05) is 17.9 Å². The fraction of sp³-hybridized carbons (Fsp3) is 0.500. The SMILES string of the molecule is Nc1cccc(NC(=O)NCC2CCCCC2)c1. The van der Waals surface area contributed by atoms with Crippen molar-refractivity contribution in [3.05, 3.63) is 24.3 Å². The maximum absolute atomic E-state index is 11.7. The summed E-state index contributed by atoms with van der Waals surface area (Å²) in [6.07, 6.45) is 6.40. The molecule has 0 saturated heterocycles. The van der Waals surface area contributed by atoms with Crippen molar-refractivity contribution >= 4 is 17.4 Å². The summed E-state index contributed by atoms with van der Waals surface area (Å²) >= 11 is 0. The van der Waals surface area contributed by atoms with E-state index in [4.69, 9.17) is 5.73 Å². The molecule has 0 spiro atoms. The third-order valence-corrected chi connectivity index (χ3v) is 3.42. The first-order valence-electron chi connectivity index (χ1n) is 6.64. The third-order valence-electron chi connectivity index (χ3n) is 3.42. The summed E-state index contributed by atoms with van der Waals surface area (Å²) < 4.78 is 0. The first-order chi connectivity index (χ1) is 8.74. The van der Waals surface area contributed by atoms with Gasteiger partial charge in [-0.25, -0.2) is 4.79 Å². The Morgan fingerprint density at radius 2 is 2.06 bits per heavy atom. The van der Waals surface area contributed by atoms with Crippen molar-refractivity contribution < 1.29 is 4.79 Å². The minimum absolute atomic E-state index is 0.147. The summed E-state index contributed by atoms with van der Waals surface area (Å²) in [4.78, 5) is 11.7. The van der Waals surface area contributed by atoms with Crippen LogP contribution in [0.15, 0.2) is 24.3 Å². The number of benzene rings is 1. The first kappa shape index (κ1) is 12.7. The standard InChI is InChI=1S/C14H21N3O/c15-12-7-4-8-13(9-12)17-14(18)16-10-11-5-2-1-3-6-11/h4,7-9,11H,1-3,5-6,10,15H2,(H2,16,17,18). The lowest BCUT2D eigenvalue weighted by Gasteiger charge is -2.21. The van der Waals surface area contributed by atoms with Crippen LogP contribution in [-0.2, 0) is 0 Å². The molecule has 0 radical (unpaired) electrons. The monoisotopic (exact) mass is 247 g/mol. The lowest BCUT2D eigenvalue weighted by Crippen LogP contribution is -2.33. The Kier molecular flexibility index (Phi) is 4.45. The second-order valence-corrected chi connectivity index (χ2v) is 4.96. The quantitative estimate of drug-likeness (QED) is 0.719. The van der Waals surface area contributed by atoms with E-state index in [2.05, 4.69) is 10.6 Å². The fourth-order valence-electron chi connectivity index (χ4n) is 2.42. The number of rotatable bonds is 3. The molecule has 1 aliphatic carbocycles. The molecule has 98 valence electrons. The van der Waals surface area contributed by atoms with Crippen LogP contribution in [-0.4, -0.2) is 12.6 Å². The molecule has 4 heteroatoms. The summed E-state index contributed by atoms with van der Waals surface area (Å²) in [6, 6.07) is 7.06. The van der Waals surface area contributed by atoms with E-state index in [0.717, 1.165) is 12.2 Å². The molecular formula is C14H21N3O. The van der Waals surface area contributed by atoms with Gasteiger partial charge >= 0.3 is 6.03 Å². The van der Waals surface area contributed by atoms with Crippen LogP contribution in [0, 0.1) is 5.92 Å². The highest BCUT2D eigenvalue weighted by atomic mass is 16.2. The van der Waals surface area contributed by atoms with Gasteiger partial charge in [-0.3, -0.25) is 0 Å². The predicted octanol–water partition coefficient (Wildman–Crippen LogP) is 2.97. The number of hydrogen-bond donors (Lipinski definition) is 3. The second kappa shape index (κ2) is 6.28. The zero-order valence-electron chi connectivity index (χ0n) is 10.6. The molecule has 1 fully saturated rings. The average molecular weight is 247 g/mol. The summed E-state index contributed by atoms with van der Waals surface area (Å²) in [5, 5.41) is 5.72. The molecule has 1 aromatic rings. The van der Waals surface area contributed by atoms with Crippen molar-refractivity contribution in [1.82, 2.24) is 5.32 Å². The number of amides is 2. The van der Waals surface area contributed by atoms with E-state index in [0.29, 0.717) is 11.6 Å². The number of hydrogen-bond acceptors (Lipinski definition) is 2. The normalized spacial score (nSPS) is 16.2. The van der Waals surface area contributed by atoms with Crippen molar-refractivity contribution in [3.8, 4) is 0 Å². The van der Waals surface area contributed by atoms with Gasteiger partial charge in [0.25, 0.3) is 0 Å². The van der Waals surface area contributed by atoms with Gasteiger partial charge in [-0.05, 0) is 37.0 Å². The molecule has 1 aliphatic rings. The van der Waals surface area contributed by atoms with Crippen LogP contribution in [0.25, 0.3) is 0 Å². The topological polar surface area (TPSA) is 67.1 Å². The van der Waals surface area contributed by atoms with Crippen LogP contribution in [0.3, 0.4) is 0 Å². The van der Waals surface area contributed by atoms with Gasteiger partial charge < -0.3 is 16.4 Å². The Morgan fingerprint density at radius 3 is 2.78 bits per heavy atom. The number of carbonyl (C=O) groups excluding carboxylic acids is 1. The highest BCUT2D eigenvalue weighted by molar-refractivity contribution is 5.89. The van der Waals surface area contributed by atoms with E-state index in [1.807, 2.05) is 12.1 Å². The molecule has 4 N–H and O–H groups in total. The predicted molar refractivity (Wildman–Crippen MR) is 74.5 cm³/mol. The van der Waals surface area contributed by atoms with Crippen molar-refractivity contribution in [3.63, 3.8) is 0 Å². The summed E-state index contributed by atoms with van der Waals surface area (Å²) in [5.41, 5.74) is 7.04. The van der Waals surface area contributed by atoms with Gasteiger partial charge in [0.15, 0.2) is 0 Å². The number of nitrogens with two attached hydrogens (primary N) is 1. The largest absolute Gasteiger partial charge is 0.399 e. The van der Waals surface area contributed by atoms with Gasteiger partial charge in [-0.15, -0.1) is 0 Å². The number of nitrogen functional groups attached to an aromatic ring is 1. The Hall–Kier alpha value is -1.71. The number of carbonyl (C=O) groups is 1. The molecule has 4 nitrogen and oxygen atoms in total. The van der Waals surface area contributed by atoms with E-state index < -0.39 is 0 Å². The minimum atomic E-state index is -0.147. The van der Waals surface area contributed by atoms with Gasteiger partial charge in [0.1, 0.15) is 0 Å². The molecule has 2 rings (SSSR count). The van der Waals surface area contributed by atoms with Gasteiger partial charge in [-0.2, -0.15) is 0 Å². The van der Waals surface area contributed by atoms with Crippen molar-refractivity contribution in [1.29, 1.82) is 0 Å². The maximum atomic E-state index is 11.7. The molecule has 1 saturated carbocycles. The van der Waals surface area contributed by atoms with E-state index in [1.165, 1.54) is 32.1 Å². The zero-order chi connectivity index (χ0) is 12.8. The lowest BCUT2D eigenvalue weighted by atomic mass is 9.89. The van der Waals surface area contributed by atoms with Crippen LogP contribution in [0.4, 0.5) is 16.2 Å². The zero-order valence-corrected chi connectivity index (χ0v) is 10.6. The Morgan fingerprint density at radius 1 is 1.28 bits per heavy atom. The maximum Gasteiger partial charge on any atom is 0.319 e. The number of anilines is 2. The summed E-state index contributed by atoms with van der Waals surface area (Å²) in [6.45, 7) is 0.772. The second-order valence-electron chi connectivity index (χ2n) is 4.96. The number of nitrogens with one attached hydrogen (secondary N) is 2. The first-order valence-corrected chi connectivity index (χ1v) is 6.64. The van der Waals surface area contributed by atoms with E-state index in [9.17, 15) is 4.79 Å². The molecule has 0 heterocycles. The molecule has 0 aromatic heterocycles. The summed E-state index contributed by atoms with van der Waals surface area (Å²) in [7, 11) is 0.